The normalized spacial score (nSPS) is 11.0. The van der Waals surface area contributed by atoms with Crippen LogP contribution in [-0.4, -0.2) is 25.8 Å². The van der Waals surface area contributed by atoms with Gasteiger partial charge < -0.3 is 9.84 Å². The highest BCUT2D eigenvalue weighted by atomic mass is 35.5. The van der Waals surface area contributed by atoms with Gasteiger partial charge in [0.2, 0.25) is 0 Å². The fraction of sp³-hybridized carbons (Fsp3) is 0.200. The van der Waals surface area contributed by atoms with Gasteiger partial charge >= 0.3 is 0 Å². The van der Waals surface area contributed by atoms with Crippen molar-refractivity contribution in [2.75, 3.05) is 5.32 Å². The molecule has 0 spiro atoms. The highest BCUT2D eigenvalue weighted by Gasteiger charge is 2.15. The van der Waals surface area contributed by atoms with Gasteiger partial charge in [-0.1, -0.05) is 30.6 Å². The number of benzene rings is 1. The van der Waals surface area contributed by atoms with Crippen molar-refractivity contribution in [2.24, 2.45) is 0 Å². The van der Waals surface area contributed by atoms with Crippen LogP contribution in [-0.2, 0) is 0 Å². The van der Waals surface area contributed by atoms with Crippen molar-refractivity contribution >= 4 is 23.2 Å². The van der Waals surface area contributed by atoms with Gasteiger partial charge in [-0.05, 0) is 18.2 Å². The molecule has 0 radical (unpaired) electrons. The SMILES string of the molecule is CC(C)c1cc(C(=O)Nc2ccc(-n3cncn3)c(Cl)c2)no1. The average molecular weight is 332 g/mol. The summed E-state index contributed by atoms with van der Waals surface area (Å²) in [6.07, 6.45) is 2.96. The Kier molecular flexibility index (Phi) is 4.12. The molecule has 1 aromatic carbocycles. The molecule has 0 atom stereocenters. The predicted molar refractivity (Wildman–Crippen MR) is 84.9 cm³/mol. The van der Waals surface area contributed by atoms with E-state index >= 15 is 0 Å². The van der Waals surface area contributed by atoms with E-state index in [0.29, 0.717) is 22.2 Å². The van der Waals surface area contributed by atoms with Gasteiger partial charge in [0, 0.05) is 17.7 Å². The van der Waals surface area contributed by atoms with Crippen LogP contribution < -0.4 is 5.32 Å². The first-order chi connectivity index (χ1) is 11.0. The fourth-order valence-electron chi connectivity index (χ4n) is 1.97. The lowest BCUT2D eigenvalue weighted by atomic mass is 10.1. The number of nitrogens with one attached hydrogen (secondary N) is 1. The van der Waals surface area contributed by atoms with Crippen molar-refractivity contribution in [2.45, 2.75) is 19.8 Å². The smallest absolute Gasteiger partial charge is 0.277 e. The number of amides is 1. The van der Waals surface area contributed by atoms with Crippen LogP contribution >= 0.6 is 11.6 Å². The van der Waals surface area contributed by atoms with Crippen molar-refractivity contribution in [1.82, 2.24) is 19.9 Å². The zero-order chi connectivity index (χ0) is 16.4. The van der Waals surface area contributed by atoms with Crippen molar-refractivity contribution in [3.8, 4) is 5.69 Å². The van der Waals surface area contributed by atoms with Crippen LogP contribution in [0.2, 0.25) is 5.02 Å². The van der Waals surface area contributed by atoms with Gasteiger partial charge in [0.1, 0.15) is 18.4 Å². The zero-order valence-electron chi connectivity index (χ0n) is 12.5. The van der Waals surface area contributed by atoms with Crippen LogP contribution in [0.15, 0.2) is 41.4 Å². The molecule has 0 fully saturated rings. The molecule has 3 aromatic rings. The van der Waals surface area contributed by atoms with Crippen LogP contribution in [0, 0.1) is 0 Å². The highest BCUT2D eigenvalue weighted by Crippen LogP contribution is 2.24. The second kappa shape index (κ2) is 6.21. The number of rotatable bonds is 4. The maximum absolute atomic E-state index is 12.2. The molecule has 1 amide bonds. The van der Waals surface area contributed by atoms with Gasteiger partial charge in [0.05, 0.1) is 10.7 Å². The van der Waals surface area contributed by atoms with E-state index in [1.165, 1.54) is 6.33 Å². The number of aromatic nitrogens is 4. The Morgan fingerprint density at radius 3 is 2.78 bits per heavy atom. The molecule has 0 aliphatic carbocycles. The summed E-state index contributed by atoms with van der Waals surface area (Å²) in [5.74, 6) is 0.473. The lowest BCUT2D eigenvalue weighted by molar-refractivity contribution is 0.101. The third kappa shape index (κ3) is 3.24. The number of halogens is 1. The zero-order valence-corrected chi connectivity index (χ0v) is 13.3. The lowest BCUT2D eigenvalue weighted by Gasteiger charge is -2.07. The van der Waals surface area contributed by atoms with E-state index in [1.54, 1.807) is 35.3 Å². The van der Waals surface area contributed by atoms with Crippen molar-refractivity contribution in [3.05, 3.63) is 53.4 Å². The molecule has 2 heterocycles. The molecule has 0 bridgehead atoms. The molecule has 0 aliphatic heterocycles. The number of anilines is 1. The Balaban J connectivity index is 1.77. The summed E-state index contributed by atoms with van der Waals surface area (Å²) in [6, 6.07) is 6.74. The molecule has 7 nitrogen and oxygen atoms in total. The first kappa shape index (κ1) is 15.2. The van der Waals surface area contributed by atoms with Gasteiger partial charge in [0.15, 0.2) is 5.69 Å². The van der Waals surface area contributed by atoms with E-state index in [0.717, 1.165) is 0 Å². The predicted octanol–water partition coefficient (Wildman–Crippen LogP) is 3.28. The highest BCUT2D eigenvalue weighted by molar-refractivity contribution is 6.32. The number of nitrogens with zero attached hydrogens (tertiary/aromatic N) is 4. The number of carbonyl (C=O) groups is 1. The molecule has 3 rings (SSSR count). The Morgan fingerprint density at radius 2 is 2.17 bits per heavy atom. The van der Waals surface area contributed by atoms with E-state index in [1.807, 2.05) is 13.8 Å². The second-order valence-electron chi connectivity index (χ2n) is 5.23. The van der Waals surface area contributed by atoms with Crippen LogP contribution in [0.25, 0.3) is 5.69 Å². The second-order valence-corrected chi connectivity index (χ2v) is 5.64. The molecule has 23 heavy (non-hydrogen) atoms. The third-order valence-electron chi connectivity index (χ3n) is 3.20. The topological polar surface area (TPSA) is 85.8 Å². The van der Waals surface area contributed by atoms with Crippen molar-refractivity contribution in [3.63, 3.8) is 0 Å². The average Bonchev–Trinajstić information content (AvgIpc) is 3.19. The van der Waals surface area contributed by atoms with E-state index in [-0.39, 0.29) is 17.5 Å². The fourth-order valence-corrected chi connectivity index (χ4v) is 2.23. The van der Waals surface area contributed by atoms with Crippen molar-refractivity contribution in [1.29, 1.82) is 0 Å². The Labute approximate surface area is 137 Å². The van der Waals surface area contributed by atoms with Gasteiger partial charge in [-0.15, -0.1) is 0 Å². The summed E-state index contributed by atoms with van der Waals surface area (Å²) < 4.78 is 6.66. The minimum absolute atomic E-state index is 0.167. The minimum Gasteiger partial charge on any atom is -0.360 e. The summed E-state index contributed by atoms with van der Waals surface area (Å²) >= 11 is 6.22. The number of hydrogen-bond donors (Lipinski definition) is 1. The summed E-state index contributed by atoms with van der Waals surface area (Å²) in [5, 5.41) is 11.0. The van der Waals surface area contributed by atoms with Gasteiger partial charge in [-0.2, -0.15) is 5.10 Å². The molecule has 0 saturated carbocycles. The number of carbonyl (C=O) groups excluding carboxylic acids is 1. The molecule has 0 saturated heterocycles. The Hall–Kier alpha value is -2.67. The molecule has 0 unspecified atom stereocenters. The summed E-state index contributed by atoms with van der Waals surface area (Å²) in [4.78, 5) is 16.0. The van der Waals surface area contributed by atoms with Crippen molar-refractivity contribution < 1.29 is 9.32 Å². The molecule has 0 aliphatic rings. The van der Waals surface area contributed by atoms with Crippen LogP contribution in [0.3, 0.4) is 0 Å². The van der Waals surface area contributed by atoms with Crippen LogP contribution in [0.1, 0.15) is 36.0 Å². The van der Waals surface area contributed by atoms with E-state index < -0.39 is 0 Å². The largest absolute Gasteiger partial charge is 0.360 e. The maximum Gasteiger partial charge on any atom is 0.277 e. The standard InChI is InChI=1S/C15H14ClN5O2/c1-9(2)14-6-12(20-23-14)15(22)19-10-3-4-13(11(16)5-10)21-8-17-7-18-21/h3-9H,1-2H3,(H,19,22). The first-order valence-corrected chi connectivity index (χ1v) is 7.35. The molecular formula is C15H14ClN5O2. The maximum atomic E-state index is 12.2. The van der Waals surface area contributed by atoms with E-state index in [2.05, 4.69) is 20.6 Å². The molecule has 118 valence electrons. The monoisotopic (exact) mass is 331 g/mol. The Bertz CT molecular complexity index is 826. The van der Waals surface area contributed by atoms with Crippen LogP contribution in [0.4, 0.5) is 5.69 Å². The summed E-state index contributed by atoms with van der Waals surface area (Å²) in [7, 11) is 0. The van der Waals surface area contributed by atoms with Crippen LogP contribution in [0.5, 0.6) is 0 Å². The molecule has 2 aromatic heterocycles. The van der Waals surface area contributed by atoms with Gasteiger partial charge in [0.25, 0.3) is 5.91 Å². The third-order valence-corrected chi connectivity index (χ3v) is 3.50. The number of hydrogen-bond acceptors (Lipinski definition) is 5. The quantitative estimate of drug-likeness (QED) is 0.792. The first-order valence-electron chi connectivity index (χ1n) is 6.97. The lowest BCUT2D eigenvalue weighted by Crippen LogP contribution is -2.12. The molecular weight excluding hydrogens is 318 g/mol. The Morgan fingerprint density at radius 1 is 1.35 bits per heavy atom. The summed E-state index contributed by atoms with van der Waals surface area (Å²) in [6.45, 7) is 3.93. The van der Waals surface area contributed by atoms with E-state index in [9.17, 15) is 4.79 Å². The van der Waals surface area contributed by atoms with E-state index in [4.69, 9.17) is 16.1 Å². The van der Waals surface area contributed by atoms with Gasteiger partial charge in [-0.25, -0.2) is 9.67 Å². The molecule has 8 heteroatoms. The molecule has 1 N–H and O–H groups in total. The summed E-state index contributed by atoms with van der Waals surface area (Å²) in [5.41, 5.74) is 1.45. The minimum atomic E-state index is -0.356. The van der Waals surface area contributed by atoms with Gasteiger partial charge in [-0.3, -0.25) is 4.79 Å².